The number of esters is 1. The van der Waals surface area contributed by atoms with Gasteiger partial charge in [-0.1, -0.05) is 12.1 Å². The normalized spacial score (nSPS) is 10.0. The van der Waals surface area contributed by atoms with Crippen molar-refractivity contribution in [1.29, 1.82) is 0 Å². The fraction of sp³-hybridized carbons (Fsp3) is 0.176. The lowest BCUT2D eigenvalue weighted by Crippen LogP contribution is -2.21. The molecule has 0 aromatic heterocycles. The highest BCUT2D eigenvalue weighted by Gasteiger charge is 2.12. The van der Waals surface area contributed by atoms with Gasteiger partial charge < -0.3 is 14.8 Å². The summed E-state index contributed by atoms with van der Waals surface area (Å²) in [7, 11) is 0. The lowest BCUT2D eigenvalue weighted by atomic mass is 10.2. The third kappa shape index (κ3) is 5.10. The number of ether oxygens (including phenoxy) is 2. The number of amides is 1. The summed E-state index contributed by atoms with van der Waals surface area (Å²) in [5.74, 6) is -0.236. The second kappa shape index (κ2) is 8.33. The number of carbonyl (C=O) groups is 2. The summed E-state index contributed by atoms with van der Waals surface area (Å²) in [6, 6.07) is 13.8. The van der Waals surface area contributed by atoms with Crippen molar-refractivity contribution in [2.24, 2.45) is 0 Å². The van der Waals surface area contributed by atoms with Gasteiger partial charge in [-0.2, -0.15) is 0 Å². The summed E-state index contributed by atoms with van der Waals surface area (Å²) < 4.78 is 10.9. The molecule has 0 fully saturated rings. The van der Waals surface area contributed by atoms with Crippen LogP contribution in [0.25, 0.3) is 0 Å². The highest BCUT2D eigenvalue weighted by Crippen LogP contribution is 2.17. The molecule has 2 aromatic carbocycles. The van der Waals surface area contributed by atoms with Crippen LogP contribution in [0.5, 0.6) is 5.75 Å². The first-order valence-electron chi connectivity index (χ1n) is 7.04. The van der Waals surface area contributed by atoms with E-state index >= 15 is 0 Å². The van der Waals surface area contributed by atoms with Gasteiger partial charge in [0.1, 0.15) is 5.75 Å². The molecule has 0 saturated carbocycles. The van der Waals surface area contributed by atoms with E-state index in [4.69, 9.17) is 9.47 Å². The number of rotatable bonds is 6. The van der Waals surface area contributed by atoms with Gasteiger partial charge in [0.2, 0.25) is 0 Å². The van der Waals surface area contributed by atoms with Crippen LogP contribution < -0.4 is 10.1 Å². The van der Waals surface area contributed by atoms with Crippen LogP contribution >= 0.6 is 15.9 Å². The van der Waals surface area contributed by atoms with Gasteiger partial charge in [-0.25, -0.2) is 4.79 Å². The molecule has 0 unspecified atom stereocenters. The molecule has 23 heavy (non-hydrogen) atoms. The number of hydrogen-bond acceptors (Lipinski definition) is 4. The molecule has 0 aliphatic carbocycles. The molecule has 5 nitrogen and oxygen atoms in total. The largest absolute Gasteiger partial charge is 0.494 e. The molecule has 2 aromatic rings. The number of halogens is 1. The van der Waals surface area contributed by atoms with Gasteiger partial charge in [-0.15, -0.1) is 0 Å². The van der Waals surface area contributed by atoms with Crippen LogP contribution in [0, 0.1) is 0 Å². The Bertz CT molecular complexity index is 685. The Morgan fingerprint density at radius 1 is 1.09 bits per heavy atom. The fourth-order valence-electron chi connectivity index (χ4n) is 1.83. The maximum Gasteiger partial charge on any atom is 0.339 e. The van der Waals surface area contributed by atoms with Gasteiger partial charge in [-0.3, -0.25) is 4.79 Å². The van der Waals surface area contributed by atoms with E-state index in [2.05, 4.69) is 21.2 Å². The second-order valence-corrected chi connectivity index (χ2v) is 5.42. The van der Waals surface area contributed by atoms with Gasteiger partial charge in [0.15, 0.2) is 6.61 Å². The summed E-state index contributed by atoms with van der Waals surface area (Å²) in [5.41, 5.74) is 0.983. The maximum absolute atomic E-state index is 11.9. The Hall–Kier alpha value is -2.34. The predicted octanol–water partition coefficient (Wildman–Crippen LogP) is 3.64. The number of carbonyl (C=O) groups excluding carboxylic acids is 2. The van der Waals surface area contributed by atoms with Crippen LogP contribution in [0.2, 0.25) is 0 Å². The van der Waals surface area contributed by atoms with Crippen LogP contribution in [0.4, 0.5) is 5.69 Å². The van der Waals surface area contributed by atoms with E-state index in [-0.39, 0.29) is 6.61 Å². The first kappa shape index (κ1) is 17.0. The van der Waals surface area contributed by atoms with E-state index in [0.717, 1.165) is 5.75 Å². The molecule has 2 rings (SSSR count). The van der Waals surface area contributed by atoms with Crippen LogP contribution in [-0.4, -0.2) is 25.1 Å². The van der Waals surface area contributed by atoms with Crippen molar-refractivity contribution in [2.45, 2.75) is 6.92 Å². The number of anilines is 1. The smallest absolute Gasteiger partial charge is 0.339 e. The molecule has 0 heterocycles. The zero-order valence-electron chi connectivity index (χ0n) is 12.5. The number of nitrogens with one attached hydrogen (secondary N) is 1. The molecule has 120 valence electrons. The molecule has 0 radical (unpaired) electrons. The van der Waals surface area contributed by atoms with Crippen molar-refractivity contribution in [3.63, 3.8) is 0 Å². The minimum Gasteiger partial charge on any atom is -0.494 e. The van der Waals surface area contributed by atoms with Crippen molar-refractivity contribution in [1.82, 2.24) is 0 Å². The highest BCUT2D eigenvalue weighted by atomic mass is 79.9. The average Bonchev–Trinajstić information content (AvgIpc) is 2.55. The molecule has 0 atom stereocenters. The molecule has 0 aliphatic heterocycles. The van der Waals surface area contributed by atoms with E-state index in [0.29, 0.717) is 22.3 Å². The quantitative estimate of drug-likeness (QED) is 0.780. The van der Waals surface area contributed by atoms with Crippen LogP contribution in [0.3, 0.4) is 0 Å². The third-order valence-corrected chi connectivity index (χ3v) is 3.57. The summed E-state index contributed by atoms with van der Waals surface area (Å²) in [5, 5.41) is 2.65. The van der Waals surface area contributed by atoms with Crippen molar-refractivity contribution in [2.75, 3.05) is 18.5 Å². The van der Waals surface area contributed by atoms with Gasteiger partial charge in [-0.05, 0) is 59.3 Å². The zero-order chi connectivity index (χ0) is 16.7. The van der Waals surface area contributed by atoms with Crippen LogP contribution in [0.1, 0.15) is 17.3 Å². The topological polar surface area (TPSA) is 64.6 Å². The molecule has 6 heteroatoms. The Balaban J connectivity index is 1.85. The Morgan fingerprint density at radius 3 is 2.43 bits per heavy atom. The molecule has 0 bridgehead atoms. The standard InChI is InChI=1S/C17H16BrNO4/c1-2-22-13-9-7-12(8-10-13)19-16(20)11-23-17(21)14-5-3-4-6-15(14)18/h3-10H,2,11H2,1H3,(H,19,20). The lowest BCUT2D eigenvalue weighted by molar-refractivity contribution is -0.119. The Labute approximate surface area is 142 Å². The second-order valence-electron chi connectivity index (χ2n) is 4.56. The van der Waals surface area contributed by atoms with Crippen molar-refractivity contribution in [3.05, 3.63) is 58.6 Å². The third-order valence-electron chi connectivity index (χ3n) is 2.88. The molecular formula is C17H16BrNO4. The van der Waals surface area contributed by atoms with Gasteiger partial charge in [0.05, 0.1) is 12.2 Å². The fourth-order valence-corrected chi connectivity index (χ4v) is 2.28. The van der Waals surface area contributed by atoms with E-state index in [1.165, 1.54) is 0 Å². The number of benzene rings is 2. The maximum atomic E-state index is 11.9. The van der Waals surface area contributed by atoms with Crippen molar-refractivity contribution in [3.8, 4) is 5.75 Å². The summed E-state index contributed by atoms with van der Waals surface area (Å²) in [6.07, 6.45) is 0. The summed E-state index contributed by atoms with van der Waals surface area (Å²) >= 11 is 3.26. The molecule has 1 amide bonds. The predicted molar refractivity (Wildman–Crippen MR) is 90.7 cm³/mol. The lowest BCUT2D eigenvalue weighted by Gasteiger charge is -2.08. The first-order valence-corrected chi connectivity index (χ1v) is 7.84. The van der Waals surface area contributed by atoms with Gasteiger partial charge in [0, 0.05) is 10.2 Å². The Morgan fingerprint density at radius 2 is 1.78 bits per heavy atom. The highest BCUT2D eigenvalue weighted by molar-refractivity contribution is 9.10. The molecule has 0 spiro atoms. The molecular weight excluding hydrogens is 362 g/mol. The minimum atomic E-state index is -0.556. The van der Waals surface area contributed by atoms with Crippen molar-refractivity contribution < 1.29 is 19.1 Å². The van der Waals surface area contributed by atoms with E-state index in [9.17, 15) is 9.59 Å². The summed E-state index contributed by atoms with van der Waals surface area (Å²) in [6.45, 7) is 2.12. The molecule has 0 aliphatic rings. The van der Waals surface area contributed by atoms with Crippen LogP contribution in [0.15, 0.2) is 53.0 Å². The van der Waals surface area contributed by atoms with Crippen LogP contribution in [-0.2, 0) is 9.53 Å². The molecule has 0 saturated heterocycles. The monoisotopic (exact) mass is 377 g/mol. The first-order chi connectivity index (χ1) is 11.1. The zero-order valence-corrected chi connectivity index (χ0v) is 14.1. The van der Waals surface area contributed by atoms with E-state index in [1.807, 2.05) is 6.92 Å². The van der Waals surface area contributed by atoms with E-state index in [1.54, 1.807) is 48.5 Å². The number of hydrogen-bond donors (Lipinski definition) is 1. The summed E-state index contributed by atoms with van der Waals surface area (Å²) in [4.78, 5) is 23.7. The van der Waals surface area contributed by atoms with Gasteiger partial charge >= 0.3 is 5.97 Å². The van der Waals surface area contributed by atoms with E-state index < -0.39 is 11.9 Å². The SMILES string of the molecule is CCOc1ccc(NC(=O)COC(=O)c2ccccc2Br)cc1. The van der Waals surface area contributed by atoms with Crippen molar-refractivity contribution >= 4 is 33.5 Å². The average molecular weight is 378 g/mol. The van der Waals surface area contributed by atoms with Gasteiger partial charge in [0.25, 0.3) is 5.91 Å². The molecule has 1 N–H and O–H groups in total. The minimum absolute atomic E-state index is 0.354. The Kier molecular flexibility index (Phi) is 6.17.